The molecule has 2 aromatic carbocycles. The molecular formula is C25H26ClF3N2O. The number of alkyl halides is 3. The predicted octanol–water partition coefficient (Wildman–Crippen LogP) is 5.47. The summed E-state index contributed by atoms with van der Waals surface area (Å²) in [5, 5.41) is 3.66. The van der Waals surface area contributed by atoms with Gasteiger partial charge in [0.2, 0.25) is 5.91 Å². The molecule has 3 nitrogen and oxygen atoms in total. The number of hydrogen-bond acceptors (Lipinski definition) is 2. The summed E-state index contributed by atoms with van der Waals surface area (Å²) < 4.78 is 42.1. The third-order valence-electron chi connectivity index (χ3n) is 7.57. The predicted molar refractivity (Wildman–Crippen MR) is 117 cm³/mol. The molecule has 5 rings (SSSR count). The summed E-state index contributed by atoms with van der Waals surface area (Å²) in [5.41, 5.74) is 1.24. The Bertz CT molecular complexity index is 975. The largest absolute Gasteiger partial charge is 0.393 e. The van der Waals surface area contributed by atoms with Crippen molar-refractivity contribution in [3.05, 3.63) is 70.7 Å². The molecule has 170 valence electrons. The molecule has 2 heterocycles. The average Bonchev–Trinajstić information content (AvgIpc) is 3.51. The van der Waals surface area contributed by atoms with E-state index in [0.717, 1.165) is 11.1 Å². The van der Waals surface area contributed by atoms with Crippen LogP contribution in [0.5, 0.6) is 0 Å². The maximum atomic E-state index is 14.0. The highest BCUT2D eigenvalue weighted by Crippen LogP contribution is 2.50. The first-order chi connectivity index (χ1) is 15.3. The number of fused-ring (bicyclic) bond motifs is 2. The van der Waals surface area contributed by atoms with Crippen molar-refractivity contribution in [3.63, 3.8) is 0 Å². The molecule has 1 N–H and O–H groups in total. The zero-order valence-electron chi connectivity index (χ0n) is 17.6. The molecule has 2 bridgehead atoms. The summed E-state index contributed by atoms with van der Waals surface area (Å²) in [6.45, 7) is 0.470. The Morgan fingerprint density at radius 1 is 1.03 bits per heavy atom. The number of nitrogens with one attached hydrogen (secondary N) is 1. The van der Waals surface area contributed by atoms with Crippen LogP contribution in [0.2, 0.25) is 5.02 Å². The van der Waals surface area contributed by atoms with Crippen LogP contribution in [0, 0.1) is 5.92 Å². The van der Waals surface area contributed by atoms with Crippen LogP contribution >= 0.6 is 11.6 Å². The molecule has 3 aliphatic rings. The third kappa shape index (κ3) is 3.92. The molecule has 32 heavy (non-hydrogen) atoms. The number of hydrogen-bond donors (Lipinski definition) is 1. The van der Waals surface area contributed by atoms with Crippen LogP contribution in [0.4, 0.5) is 13.2 Å². The first kappa shape index (κ1) is 21.8. The van der Waals surface area contributed by atoms with Gasteiger partial charge in [-0.3, -0.25) is 9.69 Å². The van der Waals surface area contributed by atoms with E-state index in [-0.39, 0.29) is 18.4 Å². The Labute approximate surface area is 190 Å². The molecule has 0 spiro atoms. The van der Waals surface area contributed by atoms with Crippen molar-refractivity contribution in [3.8, 4) is 0 Å². The fourth-order valence-corrected chi connectivity index (χ4v) is 5.88. The lowest BCUT2D eigenvalue weighted by Gasteiger charge is -2.45. The first-order valence-corrected chi connectivity index (χ1v) is 11.6. The highest BCUT2D eigenvalue weighted by atomic mass is 35.5. The van der Waals surface area contributed by atoms with E-state index >= 15 is 0 Å². The molecule has 1 amide bonds. The highest BCUT2D eigenvalue weighted by molar-refractivity contribution is 6.30. The van der Waals surface area contributed by atoms with Crippen LogP contribution in [-0.2, 0) is 16.8 Å². The molecule has 2 aromatic rings. The van der Waals surface area contributed by atoms with Crippen molar-refractivity contribution in [2.24, 2.45) is 5.92 Å². The molecule has 3 fully saturated rings. The van der Waals surface area contributed by atoms with Crippen LogP contribution in [0.1, 0.15) is 43.2 Å². The number of piperidine rings is 1. The first-order valence-electron chi connectivity index (χ1n) is 11.2. The second-order valence-corrected chi connectivity index (χ2v) is 9.86. The van der Waals surface area contributed by atoms with Gasteiger partial charge in [-0.2, -0.15) is 13.2 Å². The van der Waals surface area contributed by atoms with Crippen molar-refractivity contribution in [2.45, 2.75) is 68.4 Å². The molecular weight excluding hydrogens is 437 g/mol. The van der Waals surface area contributed by atoms with Gasteiger partial charge in [-0.1, -0.05) is 54.1 Å². The van der Waals surface area contributed by atoms with Crippen LogP contribution in [-0.4, -0.2) is 35.1 Å². The maximum absolute atomic E-state index is 14.0. The lowest BCUT2D eigenvalue weighted by Crippen LogP contribution is -2.60. The van der Waals surface area contributed by atoms with Crippen LogP contribution < -0.4 is 5.32 Å². The van der Waals surface area contributed by atoms with E-state index in [9.17, 15) is 18.0 Å². The van der Waals surface area contributed by atoms with Crippen molar-refractivity contribution in [1.29, 1.82) is 0 Å². The van der Waals surface area contributed by atoms with E-state index in [1.807, 2.05) is 47.4 Å². The lowest BCUT2D eigenvalue weighted by atomic mass is 9.85. The SMILES string of the molecule is O=C(NC1CC(C(F)(F)F)[C@@H]2CC[C@H]1N2Cc1ccccc1)C1(c2ccc(Cl)cc2)CC1. The Kier molecular flexibility index (Phi) is 5.49. The van der Waals surface area contributed by atoms with Gasteiger partial charge in [0.25, 0.3) is 0 Å². The normalized spacial score (nSPS) is 29.0. The molecule has 2 aliphatic heterocycles. The molecule has 1 aliphatic carbocycles. The lowest BCUT2D eigenvalue weighted by molar-refractivity contribution is -0.203. The summed E-state index contributed by atoms with van der Waals surface area (Å²) in [6, 6.07) is 15.7. The van der Waals surface area contributed by atoms with Gasteiger partial charge in [-0.25, -0.2) is 0 Å². The summed E-state index contributed by atoms with van der Waals surface area (Å²) in [6.07, 6.45) is -1.74. The Morgan fingerprint density at radius 2 is 1.69 bits per heavy atom. The fraction of sp³-hybridized carbons (Fsp3) is 0.480. The summed E-state index contributed by atoms with van der Waals surface area (Å²) in [7, 11) is 0. The molecule has 4 atom stereocenters. The van der Waals surface area contributed by atoms with E-state index < -0.39 is 29.6 Å². The highest BCUT2D eigenvalue weighted by Gasteiger charge is 2.58. The molecule has 0 radical (unpaired) electrons. The number of benzene rings is 2. The topological polar surface area (TPSA) is 32.3 Å². The quantitative estimate of drug-likeness (QED) is 0.639. The number of rotatable bonds is 5. The molecule has 0 aromatic heterocycles. The van der Waals surface area contributed by atoms with E-state index in [2.05, 4.69) is 5.32 Å². The van der Waals surface area contributed by atoms with Gasteiger partial charge >= 0.3 is 6.18 Å². The maximum Gasteiger partial charge on any atom is 0.393 e. The second kappa shape index (κ2) is 8.07. The van der Waals surface area contributed by atoms with E-state index in [1.54, 1.807) is 12.1 Å². The van der Waals surface area contributed by atoms with Gasteiger partial charge in [0.1, 0.15) is 0 Å². The molecule has 1 saturated carbocycles. The minimum Gasteiger partial charge on any atom is -0.351 e. The Morgan fingerprint density at radius 3 is 2.31 bits per heavy atom. The zero-order chi connectivity index (χ0) is 22.5. The standard InChI is InChI=1S/C25H26ClF3N2O/c26-18-8-6-17(7-9-18)24(12-13-24)23(32)30-20-14-19(25(27,28)29)21-10-11-22(20)31(21)15-16-4-2-1-3-5-16/h1-9,19-22H,10-15H2,(H,30,32)/t19?,20?,21-,22+/m0/s1. The number of nitrogens with zero attached hydrogens (tertiary/aromatic N) is 1. The summed E-state index contributed by atoms with van der Waals surface area (Å²) >= 11 is 5.99. The Balaban J connectivity index is 1.39. The number of amides is 1. The molecule has 2 saturated heterocycles. The smallest absolute Gasteiger partial charge is 0.351 e. The number of carbonyl (C=O) groups is 1. The van der Waals surface area contributed by atoms with Gasteiger partial charge in [0.15, 0.2) is 0 Å². The minimum absolute atomic E-state index is 0.0490. The monoisotopic (exact) mass is 462 g/mol. The van der Waals surface area contributed by atoms with Crippen molar-refractivity contribution in [1.82, 2.24) is 10.2 Å². The van der Waals surface area contributed by atoms with Gasteiger partial charge < -0.3 is 5.32 Å². The van der Waals surface area contributed by atoms with Gasteiger partial charge in [0, 0.05) is 29.7 Å². The summed E-state index contributed by atoms with van der Waals surface area (Å²) in [5.74, 6) is -1.59. The van der Waals surface area contributed by atoms with E-state index in [0.29, 0.717) is 37.3 Å². The second-order valence-electron chi connectivity index (χ2n) is 9.42. The van der Waals surface area contributed by atoms with Crippen LogP contribution in [0.15, 0.2) is 54.6 Å². The Hall–Kier alpha value is -2.05. The minimum atomic E-state index is -4.29. The van der Waals surface area contributed by atoms with Gasteiger partial charge in [-0.05, 0) is 55.4 Å². The third-order valence-corrected chi connectivity index (χ3v) is 7.83. The van der Waals surface area contributed by atoms with Crippen molar-refractivity contribution in [2.75, 3.05) is 0 Å². The average molecular weight is 463 g/mol. The van der Waals surface area contributed by atoms with Gasteiger partial charge in [-0.15, -0.1) is 0 Å². The van der Waals surface area contributed by atoms with E-state index in [4.69, 9.17) is 11.6 Å². The number of halogens is 4. The van der Waals surface area contributed by atoms with Crippen LogP contribution in [0.3, 0.4) is 0 Å². The van der Waals surface area contributed by atoms with Crippen molar-refractivity contribution < 1.29 is 18.0 Å². The van der Waals surface area contributed by atoms with Crippen LogP contribution in [0.25, 0.3) is 0 Å². The van der Waals surface area contributed by atoms with Gasteiger partial charge in [0.05, 0.1) is 11.3 Å². The van der Waals surface area contributed by atoms with Crippen molar-refractivity contribution >= 4 is 17.5 Å². The number of carbonyl (C=O) groups excluding carboxylic acids is 1. The zero-order valence-corrected chi connectivity index (χ0v) is 18.4. The molecule has 2 unspecified atom stereocenters. The summed E-state index contributed by atoms with van der Waals surface area (Å²) in [4.78, 5) is 15.3. The fourth-order valence-electron chi connectivity index (χ4n) is 5.75. The van der Waals surface area contributed by atoms with E-state index in [1.165, 1.54) is 0 Å². The molecule has 7 heteroatoms.